The summed E-state index contributed by atoms with van der Waals surface area (Å²) in [5, 5.41) is 11.9. The Hall–Kier alpha value is -1.75. The number of rotatable bonds is 2. The van der Waals surface area contributed by atoms with Crippen LogP contribution in [-0.4, -0.2) is 16.0 Å². The number of phenolic OH excluding ortho intramolecular Hbond substituents is 1. The Morgan fingerprint density at radius 1 is 1.38 bits per heavy atom. The number of phenols is 1. The summed E-state index contributed by atoms with van der Waals surface area (Å²) >= 11 is 3.25. The molecule has 0 bridgehead atoms. The number of hydrogen-bond acceptors (Lipinski definition) is 2. The van der Waals surface area contributed by atoms with Gasteiger partial charge in [0.25, 0.3) is 5.91 Å². The third-order valence-corrected chi connectivity index (χ3v) is 2.45. The lowest BCUT2D eigenvalue weighted by atomic mass is 10.3. The third-order valence-electron chi connectivity index (χ3n) is 2.00. The first-order chi connectivity index (χ1) is 7.65. The summed E-state index contributed by atoms with van der Waals surface area (Å²) < 4.78 is 0.813. The molecular weight excluding hydrogens is 272 g/mol. The number of aromatic hydroxyl groups is 1. The van der Waals surface area contributed by atoms with Crippen molar-refractivity contribution in [3.05, 3.63) is 46.7 Å². The molecule has 0 atom stereocenters. The van der Waals surface area contributed by atoms with Crippen LogP contribution in [0.5, 0.6) is 5.75 Å². The normalized spacial score (nSPS) is 10.1. The third kappa shape index (κ3) is 2.43. The van der Waals surface area contributed by atoms with Crippen molar-refractivity contribution in [1.29, 1.82) is 0 Å². The Labute approximate surface area is 100 Å². The Morgan fingerprint density at radius 2 is 2.19 bits per heavy atom. The first kappa shape index (κ1) is 10.8. The molecule has 0 aliphatic carbocycles. The SMILES string of the molecule is O=C(Nc1cccc(O)c1)c1cc(Br)c[nH]1. The molecule has 0 aliphatic rings. The predicted octanol–water partition coefficient (Wildman–Crippen LogP) is 2.74. The largest absolute Gasteiger partial charge is 0.508 e. The minimum atomic E-state index is -0.253. The molecule has 0 aliphatic heterocycles. The topological polar surface area (TPSA) is 65.1 Å². The van der Waals surface area contributed by atoms with E-state index in [0.717, 1.165) is 4.47 Å². The molecule has 1 aromatic carbocycles. The smallest absolute Gasteiger partial charge is 0.272 e. The molecule has 0 unspecified atom stereocenters. The average Bonchev–Trinajstić information content (AvgIpc) is 2.65. The van der Waals surface area contributed by atoms with Gasteiger partial charge < -0.3 is 15.4 Å². The number of benzene rings is 1. The number of H-pyrrole nitrogens is 1. The van der Waals surface area contributed by atoms with Gasteiger partial charge >= 0.3 is 0 Å². The maximum atomic E-state index is 11.7. The van der Waals surface area contributed by atoms with E-state index in [4.69, 9.17) is 0 Å². The zero-order valence-electron chi connectivity index (χ0n) is 8.20. The lowest BCUT2D eigenvalue weighted by Gasteiger charge is -2.03. The fourth-order valence-corrected chi connectivity index (χ4v) is 1.62. The standard InChI is InChI=1S/C11H9BrN2O2/c12-7-4-10(13-6-7)11(16)14-8-2-1-3-9(15)5-8/h1-6,13,15H,(H,14,16). The van der Waals surface area contributed by atoms with E-state index >= 15 is 0 Å². The number of halogens is 1. The molecule has 1 amide bonds. The first-order valence-corrected chi connectivity index (χ1v) is 5.39. The molecule has 1 aromatic heterocycles. The number of anilines is 1. The van der Waals surface area contributed by atoms with Crippen LogP contribution in [0.1, 0.15) is 10.5 Å². The minimum absolute atomic E-state index is 0.116. The number of aromatic nitrogens is 1. The van der Waals surface area contributed by atoms with E-state index in [1.165, 1.54) is 6.07 Å². The summed E-state index contributed by atoms with van der Waals surface area (Å²) in [7, 11) is 0. The zero-order valence-corrected chi connectivity index (χ0v) is 9.78. The monoisotopic (exact) mass is 280 g/mol. The summed E-state index contributed by atoms with van der Waals surface area (Å²) in [5.74, 6) is -0.137. The van der Waals surface area contributed by atoms with Gasteiger partial charge in [-0.25, -0.2) is 0 Å². The fraction of sp³-hybridized carbons (Fsp3) is 0. The van der Waals surface area contributed by atoms with Crippen LogP contribution in [0.3, 0.4) is 0 Å². The Balaban J connectivity index is 2.13. The van der Waals surface area contributed by atoms with E-state index in [1.807, 2.05) is 0 Å². The highest BCUT2D eigenvalue weighted by Gasteiger charge is 2.08. The van der Waals surface area contributed by atoms with Crippen molar-refractivity contribution in [2.75, 3.05) is 5.32 Å². The lowest BCUT2D eigenvalue weighted by Crippen LogP contribution is -2.11. The van der Waals surface area contributed by atoms with Gasteiger partial charge in [-0.3, -0.25) is 4.79 Å². The van der Waals surface area contributed by atoms with Crippen molar-refractivity contribution in [1.82, 2.24) is 4.98 Å². The van der Waals surface area contributed by atoms with E-state index in [2.05, 4.69) is 26.2 Å². The molecule has 0 saturated carbocycles. The second-order valence-electron chi connectivity index (χ2n) is 3.24. The number of aromatic amines is 1. The highest BCUT2D eigenvalue weighted by Crippen LogP contribution is 2.17. The molecule has 0 saturated heterocycles. The van der Waals surface area contributed by atoms with Crippen LogP contribution in [0.15, 0.2) is 41.0 Å². The molecule has 0 fully saturated rings. The van der Waals surface area contributed by atoms with Crippen LogP contribution in [0, 0.1) is 0 Å². The van der Waals surface area contributed by atoms with Gasteiger partial charge in [-0.2, -0.15) is 0 Å². The van der Waals surface area contributed by atoms with Gasteiger partial charge in [0.2, 0.25) is 0 Å². The molecule has 2 aromatic rings. The maximum Gasteiger partial charge on any atom is 0.272 e. The van der Waals surface area contributed by atoms with Gasteiger partial charge in [-0.1, -0.05) is 6.07 Å². The van der Waals surface area contributed by atoms with Crippen LogP contribution in [0.4, 0.5) is 5.69 Å². The second kappa shape index (κ2) is 4.40. The van der Waals surface area contributed by atoms with E-state index in [1.54, 1.807) is 30.5 Å². The van der Waals surface area contributed by atoms with Crippen LogP contribution in [0.25, 0.3) is 0 Å². The van der Waals surface area contributed by atoms with Crippen LogP contribution in [0.2, 0.25) is 0 Å². The van der Waals surface area contributed by atoms with Crippen molar-refractivity contribution in [3.8, 4) is 5.75 Å². The van der Waals surface area contributed by atoms with Crippen molar-refractivity contribution in [2.45, 2.75) is 0 Å². The van der Waals surface area contributed by atoms with Crippen molar-refractivity contribution >= 4 is 27.5 Å². The molecule has 0 radical (unpaired) electrons. The van der Waals surface area contributed by atoms with E-state index in [-0.39, 0.29) is 11.7 Å². The van der Waals surface area contributed by atoms with Crippen molar-refractivity contribution in [3.63, 3.8) is 0 Å². The van der Waals surface area contributed by atoms with Crippen LogP contribution < -0.4 is 5.32 Å². The minimum Gasteiger partial charge on any atom is -0.508 e. The highest BCUT2D eigenvalue weighted by molar-refractivity contribution is 9.10. The number of carbonyl (C=O) groups is 1. The van der Waals surface area contributed by atoms with Crippen molar-refractivity contribution in [2.24, 2.45) is 0 Å². The van der Waals surface area contributed by atoms with Crippen LogP contribution in [-0.2, 0) is 0 Å². The van der Waals surface area contributed by atoms with Gasteiger partial charge in [-0.15, -0.1) is 0 Å². The second-order valence-corrected chi connectivity index (χ2v) is 4.15. The van der Waals surface area contributed by atoms with E-state index in [9.17, 15) is 9.90 Å². The molecule has 3 N–H and O–H groups in total. The van der Waals surface area contributed by atoms with Gasteiger partial charge in [0.05, 0.1) is 0 Å². The lowest BCUT2D eigenvalue weighted by molar-refractivity contribution is 0.102. The first-order valence-electron chi connectivity index (χ1n) is 4.59. The number of amides is 1. The highest BCUT2D eigenvalue weighted by atomic mass is 79.9. The van der Waals surface area contributed by atoms with Crippen LogP contribution >= 0.6 is 15.9 Å². The summed E-state index contributed by atoms with van der Waals surface area (Å²) in [5.41, 5.74) is 1.01. The number of hydrogen-bond donors (Lipinski definition) is 3. The van der Waals surface area contributed by atoms with Crippen molar-refractivity contribution < 1.29 is 9.90 Å². The Morgan fingerprint density at radius 3 is 2.81 bits per heavy atom. The van der Waals surface area contributed by atoms with E-state index in [0.29, 0.717) is 11.4 Å². The quantitative estimate of drug-likeness (QED) is 0.792. The summed E-state index contributed by atoms with van der Waals surface area (Å²) in [6.07, 6.45) is 1.68. The maximum absolute atomic E-state index is 11.7. The summed E-state index contributed by atoms with van der Waals surface area (Å²) in [6.45, 7) is 0. The van der Waals surface area contributed by atoms with Gasteiger partial charge in [-0.05, 0) is 34.1 Å². The Bertz CT molecular complexity index is 522. The molecule has 4 nitrogen and oxygen atoms in total. The number of carbonyl (C=O) groups excluding carboxylic acids is 1. The molecule has 16 heavy (non-hydrogen) atoms. The predicted molar refractivity (Wildman–Crippen MR) is 64.6 cm³/mol. The fourth-order valence-electron chi connectivity index (χ4n) is 1.28. The molecule has 5 heteroatoms. The van der Waals surface area contributed by atoms with Gasteiger partial charge in [0, 0.05) is 22.4 Å². The molecular formula is C11H9BrN2O2. The number of nitrogens with one attached hydrogen (secondary N) is 2. The molecule has 0 spiro atoms. The average molecular weight is 281 g/mol. The summed E-state index contributed by atoms with van der Waals surface area (Å²) in [6, 6.07) is 8.07. The Kier molecular flexibility index (Phi) is 2.96. The molecule has 1 heterocycles. The molecule has 2 rings (SSSR count). The summed E-state index contributed by atoms with van der Waals surface area (Å²) in [4.78, 5) is 14.5. The van der Waals surface area contributed by atoms with E-state index < -0.39 is 0 Å². The van der Waals surface area contributed by atoms with Gasteiger partial charge in [0.1, 0.15) is 11.4 Å². The molecule has 82 valence electrons. The zero-order chi connectivity index (χ0) is 11.5. The van der Waals surface area contributed by atoms with Gasteiger partial charge in [0.15, 0.2) is 0 Å².